The van der Waals surface area contributed by atoms with E-state index in [2.05, 4.69) is 18.0 Å². The summed E-state index contributed by atoms with van der Waals surface area (Å²) in [5.41, 5.74) is 2.72. The lowest BCUT2D eigenvalue weighted by Crippen LogP contribution is -2.09. The SMILES string of the molecule is CCc1ccc2nc(C(C)C(=O)O)ccc2c1. The first-order valence-electron chi connectivity index (χ1n) is 5.74. The smallest absolute Gasteiger partial charge is 0.312 e. The van der Waals surface area contributed by atoms with Crippen molar-refractivity contribution < 1.29 is 9.90 Å². The third kappa shape index (κ3) is 2.28. The predicted octanol–water partition coefficient (Wildman–Crippen LogP) is 2.99. The number of nitrogens with zero attached hydrogens (tertiary/aromatic N) is 1. The molecule has 0 bridgehead atoms. The largest absolute Gasteiger partial charge is 0.481 e. The average molecular weight is 229 g/mol. The molecule has 0 saturated carbocycles. The Labute approximate surface area is 100 Å². The van der Waals surface area contributed by atoms with Gasteiger partial charge in [-0.2, -0.15) is 0 Å². The molecule has 1 aromatic carbocycles. The van der Waals surface area contributed by atoms with E-state index < -0.39 is 11.9 Å². The molecule has 1 aromatic heterocycles. The van der Waals surface area contributed by atoms with Gasteiger partial charge in [0, 0.05) is 5.39 Å². The lowest BCUT2D eigenvalue weighted by atomic mass is 10.0. The van der Waals surface area contributed by atoms with Crippen molar-refractivity contribution in [1.29, 1.82) is 0 Å². The molecular formula is C14H15NO2. The van der Waals surface area contributed by atoms with Gasteiger partial charge in [-0.05, 0) is 37.1 Å². The van der Waals surface area contributed by atoms with Crippen molar-refractivity contribution in [1.82, 2.24) is 4.98 Å². The molecule has 0 spiro atoms. The van der Waals surface area contributed by atoms with Crippen molar-refractivity contribution in [2.75, 3.05) is 0 Å². The van der Waals surface area contributed by atoms with Gasteiger partial charge in [-0.1, -0.05) is 19.1 Å². The molecular weight excluding hydrogens is 214 g/mol. The number of carboxylic acid groups (broad SMARTS) is 1. The van der Waals surface area contributed by atoms with Gasteiger partial charge in [-0.3, -0.25) is 9.78 Å². The van der Waals surface area contributed by atoms with Crippen LogP contribution in [0.2, 0.25) is 0 Å². The van der Waals surface area contributed by atoms with E-state index in [1.807, 2.05) is 18.2 Å². The number of hydrogen-bond acceptors (Lipinski definition) is 2. The molecule has 17 heavy (non-hydrogen) atoms. The molecule has 0 aliphatic rings. The van der Waals surface area contributed by atoms with Gasteiger partial charge in [-0.15, -0.1) is 0 Å². The molecule has 1 unspecified atom stereocenters. The maximum absolute atomic E-state index is 10.9. The van der Waals surface area contributed by atoms with Crippen molar-refractivity contribution in [3.8, 4) is 0 Å². The van der Waals surface area contributed by atoms with Gasteiger partial charge in [0.05, 0.1) is 17.1 Å². The van der Waals surface area contributed by atoms with E-state index in [-0.39, 0.29) is 0 Å². The fraction of sp³-hybridized carbons (Fsp3) is 0.286. The van der Waals surface area contributed by atoms with Gasteiger partial charge in [0.25, 0.3) is 0 Å². The molecule has 0 radical (unpaired) electrons. The average Bonchev–Trinajstić information content (AvgIpc) is 2.36. The lowest BCUT2D eigenvalue weighted by molar-refractivity contribution is -0.138. The van der Waals surface area contributed by atoms with Gasteiger partial charge in [0.15, 0.2) is 0 Å². The van der Waals surface area contributed by atoms with E-state index in [0.29, 0.717) is 5.69 Å². The van der Waals surface area contributed by atoms with Crippen molar-refractivity contribution >= 4 is 16.9 Å². The number of aryl methyl sites for hydroxylation is 1. The van der Waals surface area contributed by atoms with Crippen LogP contribution in [-0.4, -0.2) is 16.1 Å². The molecule has 3 heteroatoms. The third-order valence-corrected chi connectivity index (χ3v) is 3.00. The van der Waals surface area contributed by atoms with Crippen molar-refractivity contribution in [2.24, 2.45) is 0 Å². The minimum absolute atomic E-state index is 0.565. The zero-order valence-corrected chi connectivity index (χ0v) is 9.97. The Morgan fingerprint density at radius 1 is 1.35 bits per heavy atom. The molecule has 1 atom stereocenters. The summed E-state index contributed by atoms with van der Waals surface area (Å²) in [6.45, 7) is 3.76. The molecule has 2 rings (SSSR count). The summed E-state index contributed by atoms with van der Waals surface area (Å²) in [4.78, 5) is 15.3. The van der Waals surface area contributed by atoms with Crippen LogP contribution < -0.4 is 0 Å². The number of rotatable bonds is 3. The number of aromatic nitrogens is 1. The second-order valence-electron chi connectivity index (χ2n) is 4.18. The van der Waals surface area contributed by atoms with Gasteiger partial charge in [-0.25, -0.2) is 0 Å². The molecule has 0 saturated heterocycles. The molecule has 1 N–H and O–H groups in total. The zero-order valence-electron chi connectivity index (χ0n) is 9.97. The topological polar surface area (TPSA) is 50.2 Å². The van der Waals surface area contributed by atoms with Crippen LogP contribution in [0.1, 0.15) is 31.0 Å². The molecule has 1 heterocycles. The summed E-state index contributed by atoms with van der Waals surface area (Å²) in [5.74, 6) is -1.41. The Balaban J connectivity index is 2.48. The highest BCUT2D eigenvalue weighted by molar-refractivity contribution is 5.81. The highest BCUT2D eigenvalue weighted by Crippen LogP contribution is 2.19. The Morgan fingerprint density at radius 3 is 2.76 bits per heavy atom. The highest BCUT2D eigenvalue weighted by atomic mass is 16.4. The lowest BCUT2D eigenvalue weighted by Gasteiger charge is -2.07. The molecule has 0 aliphatic heterocycles. The highest BCUT2D eigenvalue weighted by Gasteiger charge is 2.15. The third-order valence-electron chi connectivity index (χ3n) is 3.00. The fourth-order valence-electron chi connectivity index (χ4n) is 1.78. The minimum Gasteiger partial charge on any atom is -0.481 e. The number of carboxylic acids is 1. The second kappa shape index (κ2) is 4.53. The fourth-order valence-corrected chi connectivity index (χ4v) is 1.78. The van der Waals surface area contributed by atoms with Gasteiger partial charge >= 0.3 is 5.97 Å². The maximum atomic E-state index is 10.9. The van der Waals surface area contributed by atoms with Crippen LogP contribution >= 0.6 is 0 Å². The summed E-state index contributed by atoms with van der Waals surface area (Å²) in [6, 6.07) is 9.81. The van der Waals surface area contributed by atoms with Crippen LogP contribution in [0.3, 0.4) is 0 Å². The minimum atomic E-state index is -0.845. The molecule has 2 aromatic rings. The second-order valence-corrected chi connectivity index (χ2v) is 4.18. The number of fused-ring (bicyclic) bond motifs is 1. The first-order chi connectivity index (χ1) is 8.11. The standard InChI is InChI=1S/C14H15NO2/c1-3-10-4-6-13-11(8-10)5-7-12(15-13)9(2)14(16)17/h4-9H,3H2,1-2H3,(H,16,17). The Morgan fingerprint density at radius 2 is 2.12 bits per heavy atom. The van der Waals surface area contributed by atoms with Crippen LogP contribution in [0.5, 0.6) is 0 Å². The van der Waals surface area contributed by atoms with E-state index in [1.54, 1.807) is 13.0 Å². The van der Waals surface area contributed by atoms with Crippen LogP contribution in [0.25, 0.3) is 10.9 Å². The van der Waals surface area contributed by atoms with Crippen molar-refractivity contribution in [3.63, 3.8) is 0 Å². The number of pyridine rings is 1. The Kier molecular flexibility index (Phi) is 3.09. The van der Waals surface area contributed by atoms with Gasteiger partial charge < -0.3 is 5.11 Å². The van der Waals surface area contributed by atoms with Crippen LogP contribution in [-0.2, 0) is 11.2 Å². The van der Waals surface area contributed by atoms with Crippen molar-refractivity contribution in [3.05, 3.63) is 41.6 Å². The van der Waals surface area contributed by atoms with E-state index >= 15 is 0 Å². The number of benzene rings is 1. The number of hydrogen-bond donors (Lipinski definition) is 1. The van der Waals surface area contributed by atoms with E-state index in [1.165, 1.54) is 5.56 Å². The first kappa shape index (κ1) is 11.6. The van der Waals surface area contributed by atoms with Crippen LogP contribution in [0.15, 0.2) is 30.3 Å². The monoisotopic (exact) mass is 229 g/mol. The van der Waals surface area contributed by atoms with E-state index in [4.69, 9.17) is 5.11 Å². The van der Waals surface area contributed by atoms with Crippen LogP contribution in [0, 0.1) is 0 Å². The molecule has 0 aliphatic carbocycles. The maximum Gasteiger partial charge on any atom is 0.312 e. The number of aliphatic carboxylic acids is 1. The Hall–Kier alpha value is -1.90. The van der Waals surface area contributed by atoms with Gasteiger partial charge in [0.2, 0.25) is 0 Å². The summed E-state index contributed by atoms with van der Waals surface area (Å²) in [7, 11) is 0. The van der Waals surface area contributed by atoms with Crippen molar-refractivity contribution in [2.45, 2.75) is 26.2 Å². The molecule has 0 fully saturated rings. The summed E-state index contributed by atoms with van der Waals surface area (Å²) < 4.78 is 0. The number of carbonyl (C=O) groups is 1. The normalized spacial score (nSPS) is 12.6. The van der Waals surface area contributed by atoms with Gasteiger partial charge in [0.1, 0.15) is 0 Å². The summed E-state index contributed by atoms with van der Waals surface area (Å²) in [6.07, 6.45) is 0.989. The zero-order chi connectivity index (χ0) is 12.4. The molecule has 88 valence electrons. The molecule has 0 amide bonds. The molecule has 3 nitrogen and oxygen atoms in total. The van der Waals surface area contributed by atoms with E-state index in [9.17, 15) is 4.79 Å². The van der Waals surface area contributed by atoms with Crippen LogP contribution in [0.4, 0.5) is 0 Å². The summed E-state index contributed by atoms with van der Waals surface area (Å²) >= 11 is 0. The van der Waals surface area contributed by atoms with E-state index in [0.717, 1.165) is 17.3 Å². The Bertz CT molecular complexity index is 563. The predicted molar refractivity (Wildman–Crippen MR) is 67.2 cm³/mol. The summed E-state index contributed by atoms with van der Waals surface area (Å²) in [5, 5.41) is 10.0. The first-order valence-corrected chi connectivity index (χ1v) is 5.74. The quantitative estimate of drug-likeness (QED) is 0.880.